The molecule has 1 fully saturated rings. The number of aliphatic hydroxyl groups excluding tert-OH is 1. The monoisotopic (exact) mass is 448 g/mol. The second kappa shape index (κ2) is 9.67. The Morgan fingerprint density at radius 2 is 1.70 bits per heavy atom. The van der Waals surface area contributed by atoms with Crippen molar-refractivity contribution in [3.8, 4) is 22.3 Å². The summed E-state index contributed by atoms with van der Waals surface area (Å²) in [5.41, 5.74) is 5.58. The predicted molar refractivity (Wildman–Crippen MR) is 126 cm³/mol. The zero-order valence-electron chi connectivity index (χ0n) is 18.5. The Morgan fingerprint density at radius 3 is 2.36 bits per heavy atom. The molecule has 0 spiro atoms. The second-order valence-electron chi connectivity index (χ2n) is 8.58. The molecule has 0 aliphatic carbocycles. The molecule has 0 aromatic heterocycles. The van der Waals surface area contributed by atoms with Crippen molar-refractivity contribution in [2.24, 2.45) is 0 Å². The van der Waals surface area contributed by atoms with Gasteiger partial charge in [0.15, 0.2) is 12.3 Å². The number of ether oxygens (including phenoxy) is 1. The molecule has 3 aromatic carbocycles. The van der Waals surface area contributed by atoms with Crippen molar-refractivity contribution in [1.82, 2.24) is 0 Å². The van der Waals surface area contributed by atoms with E-state index in [-0.39, 0.29) is 18.2 Å². The van der Waals surface area contributed by atoms with E-state index in [1.54, 1.807) is 18.2 Å². The van der Waals surface area contributed by atoms with Gasteiger partial charge in [0, 0.05) is 0 Å². The first kappa shape index (κ1) is 22.9. The van der Waals surface area contributed by atoms with E-state index in [0.717, 1.165) is 33.4 Å². The van der Waals surface area contributed by atoms with Gasteiger partial charge < -0.3 is 9.84 Å². The summed E-state index contributed by atoms with van der Waals surface area (Å²) in [6.45, 7) is 4.14. The van der Waals surface area contributed by atoms with Crippen molar-refractivity contribution in [3.63, 3.8) is 0 Å². The molecule has 33 heavy (non-hydrogen) atoms. The maximum absolute atomic E-state index is 14.5. The third kappa shape index (κ3) is 5.04. The van der Waals surface area contributed by atoms with Crippen molar-refractivity contribution in [2.45, 2.75) is 44.6 Å². The lowest BCUT2D eigenvalue weighted by Gasteiger charge is -2.27. The normalized spacial score (nSPS) is 20.9. The first-order chi connectivity index (χ1) is 15.8. The first-order valence-corrected chi connectivity index (χ1v) is 11.0. The van der Waals surface area contributed by atoms with Gasteiger partial charge >= 0.3 is 5.97 Å². The number of alkyl halides is 1. The highest BCUT2D eigenvalue weighted by molar-refractivity contribution is 5.83. The standard InChI is InChI=1S/C28H26F2O3/c1-17(2)23-14-20(18-6-4-3-5-7-18)15-24(19-8-10-21(29)11-9-19)22(23)12-13-26-28(30)25(31)16-27(32)33-26/h3-15,17,25-26,28,31H,16H2,1-2H3/b13-12+/t25-,26+,28+/m0/s1. The van der Waals surface area contributed by atoms with Crippen LogP contribution in [0.15, 0.2) is 72.8 Å². The minimum absolute atomic E-state index is 0.133. The average molecular weight is 449 g/mol. The van der Waals surface area contributed by atoms with Crippen LogP contribution < -0.4 is 0 Å². The minimum Gasteiger partial charge on any atom is -0.455 e. The van der Waals surface area contributed by atoms with Gasteiger partial charge in [-0.2, -0.15) is 0 Å². The van der Waals surface area contributed by atoms with E-state index < -0.39 is 24.3 Å². The molecule has 4 rings (SSSR count). The zero-order chi connectivity index (χ0) is 23.5. The summed E-state index contributed by atoms with van der Waals surface area (Å²) >= 11 is 0. The summed E-state index contributed by atoms with van der Waals surface area (Å²) in [6.07, 6.45) is -1.37. The van der Waals surface area contributed by atoms with E-state index >= 15 is 0 Å². The van der Waals surface area contributed by atoms with Gasteiger partial charge in [-0.05, 0) is 63.6 Å². The molecule has 0 bridgehead atoms. The molecule has 0 amide bonds. The summed E-state index contributed by atoms with van der Waals surface area (Å²) in [5.74, 6) is -0.830. The van der Waals surface area contributed by atoms with Crippen LogP contribution in [0.2, 0.25) is 0 Å². The molecule has 1 heterocycles. The number of hydrogen-bond donors (Lipinski definition) is 1. The van der Waals surface area contributed by atoms with E-state index in [4.69, 9.17) is 4.74 Å². The summed E-state index contributed by atoms with van der Waals surface area (Å²) in [4.78, 5) is 11.7. The fraction of sp³-hybridized carbons (Fsp3) is 0.250. The molecule has 3 atom stereocenters. The van der Waals surface area contributed by atoms with Crippen molar-refractivity contribution in [2.75, 3.05) is 0 Å². The van der Waals surface area contributed by atoms with E-state index in [2.05, 4.69) is 19.9 Å². The van der Waals surface area contributed by atoms with Gasteiger partial charge in [0.05, 0.1) is 12.5 Å². The van der Waals surface area contributed by atoms with Crippen LogP contribution in [0.1, 0.15) is 37.3 Å². The summed E-state index contributed by atoms with van der Waals surface area (Å²) in [5, 5.41) is 9.83. The lowest BCUT2D eigenvalue weighted by Crippen LogP contribution is -2.42. The highest BCUT2D eigenvalue weighted by Crippen LogP contribution is 2.37. The zero-order valence-corrected chi connectivity index (χ0v) is 18.5. The molecule has 0 radical (unpaired) electrons. The van der Waals surface area contributed by atoms with E-state index in [9.17, 15) is 18.7 Å². The fourth-order valence-corrected chi connectivity index (χ4v) is 4.11. The van der Waals surface area contributed by atoms with Crippen LogP contribution in [0.5, 0.6) is 0 Å². The molecule has 1 aliphatic rings. The largest absolute Gasteiger partial charge is 0.455 e. The predicted octanol–water partition coefficient (Wildman–Crippen LogP) is 6.31. The maximum atomic E-state index is 14.5. The molecule has 1 N–H and O–H groups in total. The molecular formula is C28H26F2O3. The van der Waals surface area contributed by atoms with Crippen molar-refractivity contribution in [1.29, 1.82) is 0 Å². The van der Waals surface area contributed by atoms with Crippen LogP contribution in [0.25, 0.3) is 28.3 Å². The summed E-state index contributed by atoms with van der Waals surface area (Å²) in [7, 11) is 0. The Kier molecular flexibility index (Phi) is 6.70. The number of carbonyl (C=O) groups is 1. The van der Waals surface area contributed by atoms with Crippen molar-refractivity contribution >= 4 is 12.0 Å². The number of rotatable bonds is 5. The number of carbonyl (C=O) groups excluding carboxylic acids is 1. The van der Waals surface area contributed by atoms with Gasteiger partial charge in [0.2, 0.25) is 0 Å². The van der Waals surface area contributed by atoms with Crippen LogP contribution in [-0.4, -0.2) is 29.5 Å². The topological polar surface area (TPSA) is 46.5 Å². The van der Waals surface area contributed by atoms with E-state index in [0.29, 0.717) is 0 Å². The van der Waals surface area contributed by atoms with Crippen LogP contribution in [0, 0.1) is 5.82 Å². The maximum Gasteiger partial charge on any atom is 0.309 e. The average Bonchev–Trinajstić information content (AvgIpc) is 2.81. The van der Waals surface area contributed by atoms with Crippen molar-refractivity contribution in [3.05, 3.63) is 89.8 Å². The molecule has 1 aliphatic heterocycles. The van der Waals surface area contributed by atoms with Gasteiger partial charge in [0.25, 0.3) is 0 Å². The van der Waals surface area contributed by atoms with Gasteiger partial charge in [-0.25, -0.2) is 8.78 Å². The van der Waals surface area contributed by atoms with Crippen LogP contribution >= 0.6 is 0 Å². The second-order valence-corrected chi connectivity index (χ2v) is 8.58. The third-order valence-corrected chi connectivity index (χ3v) is 5.87. The Morgan fingerprint density at radius 1 is 1.00 bits per heavy atom. The smallest absolute Gasteiger partial charge is 0.309 e. The highest BCUT2D eigenvalue weighted by atomic mass is 19.1. The molecule has 5 heteroatoms. The third-order valence-electron chi connectivity index (χ3n) is 5.87. The number of benzene rings is 3. The number of hydrogen-bond acceptors (Lipinski definition) is 3. The first-order valence-electron chi connectivity index (χ1n) is 11.0. The molecule has 170 valence electrons. The molecular weight excluding hydrogens is 422 g/mol. The number of cyclic esters (lactones) is 1. The number of aliphatic hydroxyl groups is 1. The van der Waals surface area contributed by atoms with Crippen LogP contribution in [-0.2, 0) is 9.53 Å². The van der Waals surface area contributed by atoms with E-state index in [1.165, 1.54) is 18.2 Å². The molecule has 3 nitrogen and oxygen atoms in total. The Balaban J connectivity index is 1.87. The van der Waals surface area contributed by atoms with Gasteiger partial charge in [0.1, 0.15) is 5.82 Å². The Hall–Kier alpha value is -3.31. The quantitative estimate of drug-likeness (QED) is 0.465. The SMILES string of the molecule is CC(C)c1cc(-c2ccccc2)cc(-c2ccc(F)cc2)c1/C=C/[C@H]1OC(=O)C[C@H](O)[C@H]1F. The molecule has 0 saturated carbocycles. The van der Waals surface area contributed by atoms with Crippen LogP contribution in [0.4, 0.5) is 8.78 Å². The molecule has 3 aromatic rings. The highest BCUT2D eigenvalue weighted by Gasteiger charge is 2.36. The Labute approximate surface area is 192 Å². The Bertz CT molecular complexity index is 1150. The lowest BCUT2D eigenvalue weighted by atomic mass is 9.86. The van der Waals surface area contributed by atoms with Gasteiger partial charge in [-0.1, -0.05) is 68.5 Å². The number of esters is 1. The van der Waals surface area contributed by atoms with Crippen molar-refractivity contribution < 1.29 is 23.4 Å². The van der Waals surface area contributed by atoms with E-state index in [1.807, 2.05) is 36.4 Å². The summed E-state index contributed by atoms with van der Waals surface area (Å²) < 4.78 is 33.3. The minimum atomic E-state index is -1.70. The molecule has 1 saturated heterocycles. The van der Waals surface area contributed by atoms with Gasteiger partial charge in [-0.3, -0.25) is 4.79 Å². The number of halogens is 2. The van der Waals surface area contributed by atoms with Gasteiger partial charge in [-0.15, -0.1) is 0 Å². The molecule has 0 unspecified atom stereocenters. The lowest BCUT2D eigenvalue weighted by molar-refractivity contribution is -0.164. The summed E-state index contributed by atoms with van der Waals surface area (Å²) in [6, 6.07) is 20.3. The van der Waals surface area contributed by atoms with Crippen LogP contribution in [0.3, 0.4) is 0 Å². The fourth-order valence-electron chi connectivity index (χ4n) is 4.11.